The molecular formula is C26H22N4O4. The molecule has 2 heterocycles. The van der Waals surface area contributed by atoms with Crippen LogP contribution in [-0.2, 0) is 23.6 Å². The van der Waals surface area contributed by atoms with Crippen LogP contribution in [0.1, 0.15) is 55.1 Å². The molecule has 3 aliphatic rings. The molecule has 2 unspecified atom stereocenters. The zero-order chi connectivity index (χ0) is 23.4. The summed E-state index contributed by atoms with van der Waals surface area (Å²) in [4.78, 5) is 34.4. The molecule has 0 saturated heterocycles. The van der Waals surface area contributed by atoms with E-state index in [0.29, 0.717) is 0 Å². The van der Waals surface area contributed by atoms with E-state index in [0.717, 1.165) is 22.3 Å². The summed E-state index contributed by atoms with van der Waals surface area (Å²) in [6.45, 7) is 0. The van der Waals surface area contributed by atoms with E-state index in [9.17, 15) is 9.59 Å². The van der Waals surface area contributed by atoms with Gasteiger partial charge in [0.1, 0.15) is 0 Å². The fourth-order valence-electron chi connectivity index (χ4n) is 5.25. The topological polar surface area (TPSA) is 88.2 Å². The van der Waals surface area contributed by atoms with Gasteiger partial charge in [-0.1, -0.05) is 48.5 Å². The average molecular weight is 454 g/mol. The Morgan fingerprint density at radius 2 is 1.03 bits per heavy atom. The Labute approximate surface area is 195 Å². The predicted octanol–water partition coefficient (Wildman–Crippen LogP) is 3.20. The number of aryl methyl sites for hydroxylation is 2. The first-order valence-corrected chi connectivity index (χ1v) is 11.1. The smallest absolute Gasteiger partial charge is 0.358 e. The van der Waals surface area contributed by atoms with E-state index in [1.165, 1.54) is 0 Å². The second-order valence-corrected chi connectivity index (χ2v) is 8.80. The Bertz CT molecular complexity index is 1270. The Morgan fingerprint density at radius 3 is 1.32 bits per heavy atom. The molecule has 8 nitrogen and oxygen atoms in total. The van der Waals surface area contributed by atoms with Crippen molar-refractivity contribution >= 4 is 11.9 Å². The minimum Gasteiger partial charge on any atom is -0.453 e. The van der Waals surface area contributed by atoms with Gasteiger partial charge in [0, 0.05) is 26.5 Å². The Morgan fingerprint density at radius 1 is 0.676 bits per heavy atom. The number of benzene rings is 2. The predicted molar refractivity (Wildman–Crippen MR) is 121 cm³/mol. The van der Waals surface area contributed by atoms with Crippen LogP contribution in [0.5, 0.6) is 0 Å². The lowest BCUT2D eigenvalue weighted by Crippen LogP contribution is -2.51. The zero-order valence-electron chi connectivity index (χ0n) is 18.7. The number of hydrogen-bond acceptors (Lipinski definition) is 6. The Kier molecular flexibility index (Phi) is 4.62. The molecule has 2 atom stereocenters. The van der Waals surface area contributed by atoms with Crippen molar-refractivity contribution in [3.05, 3.63) is 107 Å². The number of esters is 2. The SMILES string of the molecule is Cn1cnc(C(=O)OC2C3c4ccccc4C(c4ccccc43)C2OC(=O)c2cn(C)cn2)c1. The lowest BCUT2D eigenvalue weighted by Gasteiger charge is -2.48. The minimum absolute atomic E-state index is 0.209. The third kappa shape index (κ3) is 3.14. The van der Waals surface area contributed by atoms with Crippen molar-refractivity contribution < 1.29 is 19.1 Å². The molecule has 4 aromatic rings. The maximum atomic E-state index is 13.1. The highest BCUT2D eigenvalue weighted by Crippen LogP contribution is 2.54. The number of imidazole rings is 2. The zero-order valence-corrected chi connectivity index (χ0v) is 18.7. The lowest BCUT2D eigenvalue weighted by molar-refractivity contribution is -0.0562. The second kappa shape index (κ2) is 7.69. The first kappa shape index (κ1) is 20.4. The minimum atomic E-state index is -0.711. The lowest BCUT2D eigenvalue weighted by atomic mass is 9.61. The molecule has 8 heteroatoms. The summed E-state index contributed by atoms with van der Waals surface area (Å²) in [6.07, 6.45) is 4.90. The highest BCUT2D eigenvalue weighted by atomic mass is 16.6. The molecule has 0 amide bonds. The van der Waals surface area contributed by atoms with E-state index in [1.807, 2.05) is 24.3 Å². The number of hydrogen-bond donors (Lipinski definition) is 0. The molecule has 2 aromatic heterocycles. The molecule has 2 bridgehead atoms. The van der Waals surface area contributed by atoms with Gasteiger partial charge in [-0.2, -0.15) is 0 Å². The molecule has 7 rings (SSSR count). The average Bonchev–Trinajstić information content (AvgIpc) is 3.48. The Balaban J connectivity index is 1.45. The van der Waals surface area contributed by atoms with Gasteiger partial charge in [-0.15, -0.1) is 0 Å². The highest BCUT2D eigenvalue weighted by molar-refractivity contribution is 5.88. The van der Waals surface area contributed by atoms with Crippen LogP contribution in [0.3, 0.4) is 0 Å². The van der Waals surface area contributed by atoms with Crippen LogP contribution in [-0.4, -0.2) is 43.2 Å². The van der Waals surface area contributed by atoms with Crippen molar-refractivity contribution in [2.24, 2.45) is 14.1 Å². The number of carbonyl (C=O) groups is 2. The van der Waals surface area contributed by atoms with Gasteiger partial charge < -0.3 is 18.6 Å². The Hall–Kier alpha value is -4.20. The largest absolute Gasteiger partial charge is 0.453 e. The van der Waals surface area contributed by atoms with Gasteiger partial charge in [-0.3, -0.25) is 0 Å². The standard InChI is InChI=1S/C26H22N4O4/c1-29-11-19(27-13-29)25(31)33-23-21-15-7-3-5-9-17(15)22(18-10-6-4-8-16(18)21)24(23)34-26(32)20-12-30(2)14-28-20/h3-14,21-24H,1-2H3. The maximum absolute atomic E-state index is 13.1. The fourth-order valence-corrected chi connectivity index (χ4v) is 5.25. The van der Waals surface area contributed by atoms with Crippen LogP contribution >= 0.6 is 0 Å². The van der Waals surface area contributed by atoms with E-state index in [2.05, 4.69) is 34.2 Å². The van der Waals surface area contributed by atoms with E-state index < -0.39 is 24.1 Å². The summed E-state index contributed by atoms with van der Waals surface area (Å²) in [7, 11) is 3.58. The molecule has 2 aromatic carbocycles. The third-order valence-electron chi connectivity index (χ3n) is 6.63. The summed E-state index contributed by atoms with van der Waals surface area (Å²) < 4.78 is 15.5. The van der Waals surface area contributed by atoms with Crippen LogP contribution in [0.2, 0.25) is 0 Å². The number of fused-ring (bicyclic) bond motifs is 1. The molecular weight excluding hydrogens is 432 g/mol. The summed E-state index contributed by atoms with van der Waals surface area (Å²) in [5.74, 6) is -1.64. The van der Waals surface area contributed by atoms with Crippen molar-refractivity contribution in [1.82, 2.24) is 19.1 Å². The maximum Gasteiger partial charge on any atom is 0.358 e. The van der Waals surface area contributed by atoms with Crippen molar-refractivity contribution in [2.45, 2.75) is 24.0 Å². The van der Waals surface area contributed by atoms with Gasteiger partial charge in [-0.05, 0) is 22.3 Å². The summed E-state index contributed by atoms with van der Waals surface area (Å²) in [5, 5.41) is 0. The molecule has 0 fully saturated rings. The van der Waals surface area contributed by atoms with Crippen molar-refractivity contribution in [3.8, 4) is 0 Å². The monoisotopic (exact) mass is 454 g/mol. The number of aromatic nitrogens is 4. The van der Waals surface area contributed by atoms with Gasteiger partial charge in [0.15, 0.2) is 23.6 Å². The summed E-state index contributed by atoms with van der Waals surface area (Å²) in [5.41, 5.74) is 4.73. The van der Waals surface area contributed by atoms with Crippen LogP contribution in [0.15, 0.2) is 73.6 Å². The second-order valence-electron chi connectivity index (χ2n) is 8.80. The van der Waals surface area contributed by atoms with Crippen LogP contribution in [0.4, 0.5) is 0 Å². The number of ether oxygens (including phenoxy) is 2. The van der Waals surface area contributed by atoms with Crippen LogP contribution in [0, 0.1) is 0 Å². The molecule has 0 spiro atoms. The highest BCUT2D eigenvalue weighted by Gasteiger charge is 2.53. The number of carbonyl (C=O) groups excluding carboxylic acids is 2. The van der Waals surface area contributed by atoms with Crippen molar-refractivity contribution in [3.63, 3.8) is 0 Å². The van der Waals surface area contributed by atoms with Gasteiger partial charge >= 0.3 is 11.9 Å². The molecule has 34 heavy (non-hydrogen) atoms. The van der Waals surface area contributed by atoms with E-state index in [4.69, 9.17) is 9.47 Å². The molecule has 0 N–H and O–H groups in total. The van der Waals surface area contributed by atoms with Gasteiger partial charge in [0.25, 0.3) is 0 Å². The van der Waals surface area contributed by atoms with E-state index in [-0.39, 0.29) is 23.2 Å². The van der Waals surface area contributed by atoms with Crippen LogP contribution < -0.4 is 0 Å². The quantitative estimate of drug-likeness (QED) is 0.440. The first-order chi connectivity index (χ1) is 16.5. The van der Waals surface area contributed by atoms with Gasteiger partial charge in [0.2, 0.25) is 0 Å². The summed E-state index contributed by atoms with van der Waals surface area (Å²) >= 11 is 0. The molecule has 0 aliphatic heterocycles. The molecule has 0 radical (unpaired) electrons. The van der Waals surface area contributed by atoms with Crippen LogP contribution in [0.25, 0.3) is 0 Å². The molecule has 170 valence electrons. The molecule has 0 saturated carbocycles. The fraction of sp³-hybridized carbons (Fsp3) is 0.231. The normalized spacial score (nSPS) is 22.1. The third-order valence-corrected chi connectivity index (χ3v) is 6.63. The van der Waals surface area contributed by atoms with Crippen molar-refractivity contribution in [1.29, 1.82) is 0 Å². The van der Waals surface area contributed by atoms with Gasteiger partial charge in [-0.25, -0.2) is 19.6 Å². The molecule has 3 aliphatic carbocycles. The van der Waals surface area contributed by atoms with E-state index in [1.54, 1.807) is 48.3 Å². The van der Waals surface area contributed by atoms with Crippen molar-refractivity contribution in [2.75, 3.05) is 0 Å². The first-order valence-electron chi connectivity index (χ1n) is 11.1. The van der Waals surface area contributed by atoms with Gasteiger partial charge in [0.05, 0.1) is 24.5 Å². The number of rotatable bonds is 4. The summed E-state index contributed by atoms with van der Waals surface area (Å²) in [6, 6.07) is 16.2. The van der Waals surface area contributed by atoms with E-state index >= 15 is 0 Å². The number of nitrogens with zero attached hydrogens (tertiary/aromatic N) is 4.